The Morgan fingerprint density at radius 2 is 1.79 bits per heavy atom. The maximum atomic E-state index is 3.70. The van der Waals surface area contributed by atoms with Gasteiger partial charge in [-0.3, -0.25) is 0 Å². The van der Waals surface area contributed by atoms with Crippen molar-refractivity contribution < 1.29 is 0 Å². The van der Waals surface area contributed by atoms with Crippen LogP contribution in [0.1, 0.15) is 52.5 Å². The molecule has 19 heavy (non-hydrogen) atoms. The third kappa shape index (κ3) is 4.07. The zero-order valence-electron chi connectivity index (χ0n) is 13.1. The molecule has 1 aromatic carbocycles. The van der Waals surface area contributed by atoms with Crippen molar-refractivity contribution in [3.8, 4) is 0 Å². The molecule has 0 heterocycles. The Morgan fingerprint density at radius 1 is 1.16 bits per heavy atom. The van der Waals surface area contributed by atoms with Crippen LogP contribution < -0.4 is 5.32 Å². The second kappa shape index (κ2) is 5.66. The first-order valence-corrected chi connectivity index (χ1v) is 7.68. The fourth-order valence-electron chi connectivity index (χ4n) is 3.08. The first-order valence-electron chi connectivity index (χ1n) is 7.68. The third-order valence-corrected chi connectivity index (χ3v) is 4.34. The van der Waals surface area contributed by atoms with Crippen molar-refractivity contribution in [2.24, 2.45) is 17.8 Å². The van der Waals surface area contributed by atoms with Gasteiger partial charge in [0, 0.05) is 5.54 Å². The Balaban J connectivity index is 1.95. The molecule has 0 spiro atoms. The number of hydrogen-bond acceptors (Lipinski definition) is 1. The summed E-state index contributed by atoms with van der Waals surface area (Å²) in [6, 6.07) is 11.0. The van der Waals surface area contributed by atoms with Crippen LogP contribution in [-0.2, 0) is 0 Å². The van der Waals surface area contributed by atoms with E-state index < -0.39 is 0 Å². The maximum Gasteiger partial charge on any atom is 0.00966 e. The van der Waals surface area contributed by atoms with Crippen LogP contribution >= 0.6 is 0 Å². The standard InChI is InChI=1S/C18H29N/c1-13(2)17(12-19-18(3,4)5)16-11-15(16)14-9-7-6-8-10-14/h6-10,13,15-17,19H,11-12H2,1-5H3. The zero-order valence-corrected chi connectivity index (χ0v) is 13.1. The molecule has 2 rings (SSSR count). The summed E-state index contributed by atoms with van der Waals surface area (Å²) >= 11 is 0. The normalized spacial score (nSPS) is 24.5. The highest BCUT2D eigenvalue weighted by atomic mass is 14.9. The lowest BCUT2D eigenvalue weighted by Crippen LogP contribution is -2.40. The molecule has 106 valence electrons. The van der Waals surface area contributed by atoms with E-state index in [9.17, 15) is 0 Å². The van der Waals surface area contributed by atoms with E-state index in [4.69, 9.17) is 0 Å². The van der Waals surface area contributed by atoms with E-state index in [1.807, 2.05) is 0 Å². The van der Waals surface area contributed by atoms with Crippen molar-refractivity contribution in [2.45, 2.75) is 52.5 Å². The number of rotatable bonds is 5. The van der Waals surface area contributed by atoms with E-state index in [0.29, 0.717) is 0 Å². The highest BCUT2D eigenvalue weighted by Crippen LogP contribution is 2.53. The lowest BCUT2D eigenvalue weighted by molar-refractivity contribution is 0.282. The molecule has 0 radical (unpaired) electrons. The van der Waals surface area contributed by atoms with E-state index in [0.717, 1.165) is 30.2 Å². The quantitative estimate of drug-likeness (QED) is 0.823. The summed E-state index contributed by atoms with van der Waals surface area (Å²) < 4.78 is 0. The van der Waals surface area contributed by atoms with Crippen molar-refractivity contribution in [3.05, 3.63) is 35.9 Å². The minimum atomic E-state index is 0.226. The number of nitrogens with one attached hydrogen (secondary N) is 1. The molecule has 3 unspecified atom stereocenters. The van der Waals surface area contributed by atoms with Crippen LogP contribution in [0.25, 0.3) is 0 Å². The molecule has 0 aliphatic heterocycles. The second-order valence-corrected chi connectivity index (χ2v) is 7.46. The monoisotopic (exact) mass is 259 g/mol. The van der Waals surface area contributed by atoms with Gasteiger partial charge in [0.2, 0.25) is 0 Å². The number of benzene rings is 1. The summed E-state index contributed by atoms with van der Waals surface area (Å²) in [5, 5.41) is 3.70. The summed E-state index contributed by atoms with van der Waals surface area (Å²) in [5.74, 6) is 3.23. The fraction of sp³-hybridized carbons (Fsp3) is 0.667. The van der Waals surface area contributed by atoms with Crippen LogP contribution in [0, 0.1) is 17.8 Å². The average Bonchev–Trinajstić information content (AvgIpc) is 3.08. The van der Waals surface area contributed by atoms with Crippen LogP contribution in [0.3, 0.4) is 0 Å². The second-order valence-electron chi connectivity index (χ2n) is 7.46. The third-order valence-electron chi connectivity index (χ3n) is 4.34. The van der Waals surface area contributed by atoms with Crippen molar-refractivity contribution in [1.29, 1.82) is 0 Å². The van der Waals surface area contributed by atoms with Crippen LogP contribution in [-0.4, -0.2) is 12.1 Å². The minimum absolute atomic E-state index is 0.226. The van der Waals surface area contributed by atoms with E-state index >= 15 is 0 Å². The highest BCUT2D eigenvalue weighted by Gasteiger charge is 2.44. The van der Waals surface area contributed by atoms with Crippen LogP contribution in [0.2, 0.25) is 0 Å². The molecule has 1 aromatic rings. The first-order chi connectivity index (χ1) is 8.88. The topological polar surface area (TPSA) is 12.0 Å². The van der Waals surface area contributed by atoms with Gasteiger partial charge in [-0.2, -0.15) is 0 Å². The first kappa shape index (κ1) is 14.6. The molecule has 1 aliphatic rings. The van der Waals surface area contributed by atoms with Gasteiger partial charge >= 0.3 is 0 Å². The van der Waals surface area contributed by atoms with Gasteiger partial charge in [-0.15, -0.1) is 0 Å². The molecule has 0 aromatic heterocycles. The lowest BCUT2D eigenvalue weighted by Gasteiger charge is -2.28. The maximum absolute atomic E-state index is 3.70. The highest BCUT2D eigenvalue weighted by molar-refractivity contribution is 5.26. The fourth-order valence-corrected chi connectivity index (χ4v) is 3.08. The Hall–Kier alpha value is -0.820. The van der Waals surface area contributed by atoms with Crippen molar-refractivity contribution in [2.75, 3.05) is 6.54 Å². The molecular weight excluding hydrogens is 230 g/mol. The smallest absolute Gasteiger partial charge is 0.00966 e. The molecule has 1 saturated carbocycles. The predicted molar refractivity (Wildman–Crippen MR) is 83.4 cm³/mol. The lowest BCUT2D eigenvalue weighted by atomic mass is 9.88. The van der Waals surface area contributed by atoms with Gasteiger partial charge in [-0.05, 0) is 63.0 Å². The summed E-state index contributed by atoms with van der Waals surface area (Å²) in [7, 11) is 0. The summed E-state index contributed by atoms with van der Waals surface area (Å²) in [6.07, 6.45) is 1.37. The molecule has 1 fully saturated rings. The van der Waals surface area contributed by atoms with Crippen molar-refractivity contribution in [3.63, 3.8) is 0 Å². The summed E-state index contributed by atoms with van der Waals surface area (Å²) in [6.45, 7) is 12.7. The van der Waals surface area contributed by atoms with E-state index in [1.54, 1.807) is 0 Å². The molecule has 0 amide bonds. The molecule has 3 atom stereocenters. The van der Waals surface area contributed by atoms with E-state index in [1.165, 1.54) is 12.0 Å². The summed E-state index contributed by atoms with van der Waals surface area (Å²) in [4.78, 5) is 0. The van der Waals surface area contributed by atoms with Crippen LogP contribution in [0.15, 0.2) is 30.3 Å². The van der Waals surface area contributed by atoms with Gasteiger partial charge in [0.05, 0.1) is 0 Å². The summed E-state index contributed by atoms with van der Waals surface area (Å²) in [5.41, 5.74) is 1.76. The Bertz CT molecular complexity index is 388. The van der Waals surface area contributed by atoms with Crippen molar-refractivity contribution in [1.82, 2.24) is 5.32 Å². The average molecular weight is 259 g/mol. The molecule has 0 saturated heterocycles. The van der Waals surface area contributed by atoms with Gasteiger partial charge in [0.1, 0.15) is 0 Å². The number of hydrogen-bond donors (Lipinski definition) is 1. The van der Waals surface area contributed by atoms with Crippen LogP contribution in [0.5, 0.6) is 0 Å². The van der Waals surface area contributed by atoms with Gasteiger partial charge in [0.15, 0.2) is 0 Å². The van der Waals surface area contributed by atoms with E-state index in [2.05, 4.69) is 70.3 Å². The Labute approximate surface area is 118 Å². The van der Waals surface area contributed by atoms with Crippen LogP contribution in [0.4, 0.5) is 0 Å². The molecule has 1 nitrogen and oxygen atoms in total. The molecule has 1 heteroatoms. The van der Waals surface area contributed by atoms with Gasteiger partial charge < -0.3 is 5.32 Å². The molecule has 1 N–H and O–H groups in total. The van der Waals surface area contributed by atoms with Gasteiger partial charge in [-0.25, -0.2) is 0 Å². The Kier molecular flexibility index (Phi) is 4.35. The molecular formula is C18H29N. The van der Waals surface area contributed by atoms with Gasteiger partial charge in [-0.1, -0.05) is 44.2 Å². The molecule has 0 bridgehead atoms. The predicted octanol–water partition coefficient (Wildman–Crippen LogP) is 4.45. The SMILES string of the molecule is CC(C)C(CNC(C)(C)C)C1CC1c1ccccc1. The van der Waals surface area contributed by atoms with Gasteiger partial charge in [0.25, 0.3) is 0 Å². The van der Waals surface area contributed by atoms with E-state index in [-0.39, 0.29) is 5.54 Å². The van der Waals surface area contributed by atoms with Crippen molar-refractivity contribution >= 4 is 0 Å². The minimum Gasteiger partial charge on any atom is -0.312 e. The Morgan fingerprint density at radius 3 is 2.32 bits per heavy atom. The largest absolute Gasteiger partial charge is 0.312 e. The molecule has 1 aliphatic carbocycles. The zero-order chi connectivity index (χ0) is 14.0.